The molecule has 41 heavy (non-hydrogen) atoms. The average molecular weight is 554 g/mol. The predicted octanol–water partition coefficient (Wildman–Crippen LogP) is 5.82. The zero-order valence-corrected chi connectivity index (χ0v) is 22.8. The van der Waals surface area contributed by atoms with Gasteiger partial charge in [-0.05, 0) is 52.1 Å². The second-order valence-corrected chi connectivity index (χ2v) is 9.65. The molecule has 1 aliphatic carbocycles. The number of hydrogen-bond acceptors (Lipinski definition) is 6. The van der Waals surface area contributed by atoms with Gasteiger partial charge in [0.1, 0.15) is 25.0 Å². The van der Waals surface area contributed by atoms with Crippen molar-refractivity contribution in [1.29, 1.82) is 0 Å². The molecule has 0 saturated carbocycles. The standard InChI is InChI=1S/C33H31NO7/c1-38-29-16-15-21(17-22(29)19-40-31-14-8-7-13-30(31)39-2)18-28(32(35)36)34-33(37)41-20-27-25-11-5-3-9-23(25)24-10-4-6-12-26(24)27/h3-17,27-28H,18-20H2,1-2H3,(H,34,37)(H,35,36). The first-order chi connectivity index (χ1) is 20.0. The van der Waals surface area contributed by atoms with Crippen LogP contribution in [0.5, 0.6) is 17.2 Å². The van der Waals surface area contributed by atoms with Crippen molar-refractivity contribution in [3.63, 3.8) is 0 Å². The third-order valence-corrected chi connectivity index (χ3v) is 7.17. The van der Waals surface area contributed by atoms with Crippen molar-refractivity contribution >= 4 is 12.1 Å². The molecule has 1 aliphatic rings. The Bertz CT molecular complexity index is 1500. The quantitative estimate of drug-likeness (QED) is 0.241. The Morgan fingerprint density at radius 1 is 0.805 bits per heavy atom. The smallest absolute Gasteiger partial charge is 0.407 e. The van der Waals surface area contributed by atoms with Crippen LogP contribution in [0.2, 0.25) is 0 Å². The summed E-state index contributed by atoms with van der Waals surface area (Å²) in [6.45, 7) is 0.272. The fourth-order valence-electron chi connectivity index (χ4n) is 5.18. The molecule has 8 nitrogen and oxygen atoms in total. The number of fused-ring (bicyclic) bond motifs is 3. The number of aliphatic carboxylic acids is 1. The number of carboxylic acids is 1. The molecule has 0 heterocycles. The molecular formula is C33H31NO7. The molecule has 0 aromatic heterocycles. The first-order valence-corrected chi connectivity index (χ1v) is 13.2. The predicted molar refractivity (Wildman–Crippen MR) is 154 cm³/mol. The van der Waals surface area contributed by atoms with Gasteiger partial charge in [0.2, 0.25) is 0 Å². The maximum absolute atomic E-state index is 12.8. The van der Waals surface area contributed by atoms with E-state index in [0.29, 0.717) is 22.8 Å². The van der Waals surface area contributed by atoms with E-state index in [4.69, 9.17) is 18.9 Å². The van der Waals surface area contributed by atoms with Crippen LogP contribution in [-0.2, 0) is 22.6 Å². The number of alkyl carbamates (subject to hydrolysis) is 1. The summed E-state index contributed by atoms with van der Waals surface area (Å²) < 4.78 is 22.3. The molecule has 4 aromatic rings. The molecule has 0 radical (unpaired) electrons. The number of carbonyl (C=O) groups is 2. The molecular weight excluding hydrogens is 522 g/mol. The highest BCUT2D eigenvalue weighted by molar-refractivity contribution is 5.81. The van der Waals surface area contributed by atoms with Crippen LogP contribution < -0.4 is 19.5 Å². The minimum atomic E-state index is -1.19. The minimum Gasteiger partial charge on any atom is -0.496 e. The number of carbonyl (C=O) groups excluding carboxylic acids is 1. The van der Waals surface area contributed by atoms with E-state index in [2.05, 4.69) is 17.4 Å². The summed E-state index contributed by atoms with van der Waals surface area (Å²) in [6.07, 6.45) is -0.738. The van der Waals surface area contributed by atoms with Gasteiger partial charge in [-0.15, -0.1) is 0 Å². The summed E-state index contributed by atoms with van der Waals surface area (Å²) in [5.41, 5.74) is 5.81. The SMILES string of the molecule is COc1ccc(CC(NC(=O)OCC2c3ccccc3-c3ccccc32)C(=O)O)cc1COc1ccccc1OC. The number of nitrogens with one attached hydrogen (secondary N) is 1. The number of ether oxygens (including phenoxy) is 4. The van der Waals surface area contributed by atoms with Crippen molar-refractivity contribution in [2.75, 3.05) is 20.8 Å². The lowest BCUT2D eigenvalue weighted by atomic mass is 9.98. The molecule has 0 saturated heterocycles. The largest absolute Gasteiger partial charge is 0.496 e. The molecule has 210 valence electrons. The number of hydrogen-bond donors (Lipinski definition) is 2. The molecule has 0 aliphatic heterocycles. The molecule has 1 atom stereocenters. The van der Waals surface area contributed by atoms with Gasteiger partial charge in [0.05, 0.1) is 14.2 Å². The zero-order chi connectivity index (χ0) is 28.8. The van der Waals surface area contributed by atoms with Crippen LogP contribution in [0.1, 0.15) is 28.2 Å². The first kappa shape index (κ1) is 27.6. The number of amides is 1. The van der Waals surface area contributed by atoms with Gasteiger partial charge in [-0.25, -0.2) is 9.59 Å². The lowest BCUT2D eigenvalue weighted by Crippen LogP contribution is -2.42. The van der Waals surface area contributed by atoms with Crippen molar-refractivity contribution in [3.05, 3.63) is 113 Å². The van der Waals surface area contributed by atoms with Gasteiger partial charge in [0.15, 0.2) is 11.5 Å². The third kappa shape index (κ3) is 6.11. The van der Waals surface area contributed by atoms with Crippen LogP contribution >= 0.6 is 0 Å². The van der Waals surface area contributed by atoms with Gasteiger partial charge in [0.25, 0.3) is 0 Å². The van der Waals surface area contributed by atoms with Crippen molar-refractivity contribution in [1.82, 2.24) is 5.32 Å². The Balaban J connectivity index is 1.24. The number of rotatable bonds is 11. The van der Waals surface area contributed by atoms with Crippen LogP contribution in [0.15, 0.2) is 91.0 Å². The lowest BCUT2D eigenvalue weighted by Gasteiger charge is -2.18. The highest BCUT2D eigenvalue weighted by Gasteiger charge is 2.30. The first-order valence-electron chi connectivity index (χ1n) is 13.2. The molecule has 1 unspecified atom stereocenters. The Morgan fingerprint density at radius 2 is 1.41 bits per heavy atom. The van der Waals surface area contributed by atoms with Crippen molar-refractivity contribution < 1.29 is 33.6 Å². The van der Waals surface area contributed by atoms with E-state index >= 15 is 0 Å². The highest BCUT2D eigenvalue weighted by Crippen LogP contribution is 2.44. The van der Waals surface area contributed by atoms with E-state index in [1.807, 2.05) is 54.6 Å². The lowest BCUT2D eigenvalue weighted by molar-refractivity contribution is -0.139. The van der Waals surface area contributed by atoms with Gasteiger partial charge < -0.3 is 29.4 Å². The Hall–Kier alpha value is -4.98. The maximum Gasteiger partial charge on any atom is 0.407 e. The Morgan fingerprint density at radius 3 is 2.05 bits per heavy atom. The van der Waals surface area contributed by atoms with Crippen molar-refractivity contribution in [3.8, 4) is 28.4 Å². The van der Waals surface area contributed by atoms with E-state index in [1.54, 1.807) is 38.5 Å². The van der Waals surface area contributed by atoms with E-state index in [0.717, 1.165) is 27.8 Å². The summed E-state index contributed by atoms with van der Waals surface area (Å²) >= 11 is 0. The minimum absolute atomic E-state index is 0.0468. The van der Waals surface area contributed by atoms with E-state index in [9.17, 15) is 14.7 Å². The molecule has 8 heteroatoms. The molecule has 4 aromatic carbocycles. The summed E-state index contributed by atoms with van der Waals surface area (Å²) in [7, 11) is 3.12. The van der Waals surface area contributed by atoms with Gasteiger partial charge in [0, 0.05) is 17.9 Å². The second-order valence-electron chi connectivity index (χ2n) is 9.65. The fraction of sp³-hybridized carbons (Fsp3) is 0.212. The summed E-state index contributed by atoms with van der Waals surface area (Å²) in [5, 5.41) is 12.4. The molecule has 0 spiro atoms. The van der Waals surface area contributed by atoms with Crippen molar-refractivity contribution in [2.24, 2.45) is 0 Å². The van der Waals surface area contributed by atoms with Gasteiger partial charge in [-0.2, -0.15) is 0 Å². The molecule has 1 amide bonds. The summed E-state index contributed by atoms with van der Waals surface area (Å²) in [4.78, 5) is 24.9. The van der Waals surface area contributed by atoms with Gasteiger partial charge in [-0.3, -0.25) is 0 Å². The molecule has 5 rings (SSSR count). The summed E-state index contributed by atoms with van der Waals surface area (Å²) in [6, 6.07) is 27.5. The van der Waals surface area contributed by atoms with Crippen LogP contribution in [0.3, 0.4) is 0 Å². The molecule has 2 N–H and O–H groups in total. The van der Waals surface area contributed by atoms with Gasteiger partial charge >= 0.3 is 12.1 Å². The fourth-order valence-corrected chi connectivity index (χ4v) is 5.18. The topological polar surface area (TPSA) is 103 Å². The number of para-hydroxylation sites is 2. The van der Waals surface area contributed by atoms with E-state index < -0.39 is 18.1 Å². The Kier molecular flexibility index (Phi) is 8.39. The van der Waals surface area contributed by atoms with Crippen LogP contribution in [0.25, 0.3) is 11.1 Å². The van der Waals surface area contributed by atoms with Crippen molar-refractivity contribution in [2.45, 2.75) is 25.0 Å². The highest BCUT2D eigenvalue weighted by atomic mass is 16.5. The van der Waals surface area contributed by atoms with Crippen LogP contribution in [-0.4, -0.2) is 44.0 Å². The average Bonchev–Trinajstić information content (AvgIpc) is 3.32. The van der Waals surface area contributed by atoms with Crippen LogP contribution in [0.4, 0.5) is 4.79 Å². The summed E-state index contributed by atoms with van der Waals surface area (Å²) in [5.74, 6) is 0.480. The number of benzene rings is 4. The van der Waals surface area contributed by atoms with E-state index in [-0.39, 0.29) is 25.6 Å². The van der Waals surface area contributed by atoms with E-state index in [1.165, 1.54) is 0 Å². The normalized spacial score (nSPS) is 12.5. The molecule has 0 bridgehead atoms. The Labute approximate surface area is 238 Å². The number of carboxylic acid groups (broad SMARTS) is 1. The monoisotopic (exact) mass is 553 g/mol. The second kappa shape index (κ2) is 12.5. The molecule has 0 fully saturated rings. The zero-order valence-electron chi connectivity index (χ0n) is 22.8. The third-order valence-electron chi connectivity index (χ3n) is 7.17. The van der Waals surface area contributed by atoms with Gasteiger partial charge in [-0.1, -0.05) is 66.7 Å². The maximum atomic E-state index is 12.8. The van der Waals surface area contributed by atoms with Crippen LogP contribution in [0, 0.1) is 0 Å². The number of methoxy groups -OCH3 is 2.